The summed E-state index contributed by atoms with van der Waals surface area (Å²) in [7, 11) is 4.90. The molecule has 2 atom stereocenters. The quantitative estimate of drug-likeness (QED) is 0.503. The molecule has 2 N–H and O–H groups in total. The Morgan fingerprint density at radius 3 is 2.54 bits per heavy atom. The number of hydrogen-bond donors (Lipinski definition) is 2. The number of benzene rings is 1. The van der Waals surface area contributed by atoms with Gasteiger partial charge in [-0.3, -0.25) is 19.8 Å². The molecule has 0 bridgehead atoms. The van der Waals surface area contributed by atoms with Gasteiger partial charge in [0.2, 0.25) is 5.90 Å². The molecule has 5 rings (SSSR count). The second-order valence-electron chi connectivity index (χ2n) is 9.46. The minimum Gasteiger partial charge on any atom is -0.481 e. The second-order valence-corrected chi connectivity index (χ2v) is 9.87. The number of hydrogen-bond acceptors (Lipinski definition) is 8. The van der Waals surface area contributed by atoms with Gasteiger partial charge in [-0.15, -0.1) is 0 Å². The first-order chi connectivity index (χ1) is 18.7. The summed E-state index contributed by atoms with van der Waals surface area (Å²) < 4.78 is 8.94. The van der Waals surface area contributed by atoms with Crippen molar-refractivity contribution in [1.29, 1.82) is 5.26 Å². The number of fused-ring (bicyclic) bond motifs is 1. The molecule has 11 nitrogen and oxygen atoms in total. The van der Waals surface area contributed by atoms with Crippen LogP contribution in [0.1, 0.15) is 59.1 Å². The number of nitriles is 1. The van der Waals surface area contributed by atoms with Crippen LogP contribution in [0.15, 0.2) is 52.5 Å². The Bertz CT molecular complexity index is 1600. The zero-order valence-electron chi connectivity index (χ0n) is 22.1. The minimum absolute atomic E-state index is 0.00295. The number of nitrogens with zero attached hydrogens (tertiary/aromatic N) is 6. The molecule has 39 heavy (non-hydrogen) atoms. The number of rotatable bonds is 5. The van der Waals surface area contributed by atoms with Crippen molar-refractivity contribution in [2.75, 3.05) is 19.1 Å². The number of carbonyl (C=O) groups excluding carboxylic acids is 1. The molecule has 0 fully saturated rings. The molecular weight excluding hydrogens is 520 g/mol. The molecule has 3 aromatic rings. The zero-order chi connectivity index (χ0) is 28.0. The maximum atomic E-state index is 14.1. The van der Waals surface area contributed by atoms with E-state index in [0.717, 1.165) is 5.56 Å². The number of pyridine rings is 1. The van der Waals surface area contributed by atoms with E-state index in [2.05, 4.69) is 21.7 Å². The highest BCUT2D eigenvalue weighted by molar-refractivity contribution is 6.30. The third-order valence-corrected chi connectivity index (χ3v) is 7.00. The summed E-state index contributed by atoms with van der Waals surface area (Å²) in [6, 6.07) is 9.97. The molecule has 0 radical (unpaired) electrons. The van der Waals surface area contributed by atoms with E-state index in [4.69, 9.17) is 21.3 Å². The van der Waals surface area contributed by atoms with Crippen LogP contribution < -0.4 is 21.1 Å². The number of halogens is 1. The summed E-state index contributed by atoms with van der Waals surface area (Å²) in [5.74, 6) is 0.564. The molecule has 2 aromatic heterocycles. The average molecular weight is 547 g/mol. The maximum absolute atomic E-state index is 14.1. The molecule has 0 aliphatic carbocycles. The van der Waals surface area contributed by atoms with Crippen LogP contribution in [0, 0.1) is 11.3 Å². The number of amides is 1. The molecule has 0 spiro atoms. The predicted octanol–water partition coefficient (Wildman–Crippen LogP) is 2.93. The van der Waals surface area contributed by atoms with Crippen molar-refractivity contribution >= 4 is 34.7 Å². The van der Waals surface area contributed by atoms with Crippen LogP contribution in [-0.2, 0) is 11.8 Å². The number of aromatic nitrogens is 3. The van der Waals surface area contributed by atoms with Gasteiger partial charge in [0.1, 0.15) is 16.9 Å². The first kappa shape index (κ1) is 26.2. The Labute approximate surface area is 230 Å². The second kappa shape index (κ2) is 10.1. The van der Waals surface area contributed by atoms with Crippen LogP contribution in [0.5, 0.6) is 0 Å². The Morgan fingerprint density at radius 2 is 1.95 bits per heavy atom. The molecule has 12 heteroatoms. The molecule has 2 aliphatic rings. The van der Waals surface area contributed by atoms with Crippen LogP contribution in [-0.4, -0.2) is 46.4 Å². The lowest BCUT2D eigenvalue weighted by Gasteiger charge is -2.29. The van der Waals surface area contributed by atoms with E-state index in [1.807, 2.05) is 30.5 Å². The van der Waals surface area contributed by atoms with Crippen molar-refractivity contribution in [3.05, 3.63) is 86.4 Å². The van der Waals surface area contributed by atoms with Gasteiger partial charge in [0.05, 0.1) is 35.7 Å². The van der Waals surface area contributed by atoms with Gasteiger partial charge in [0.25, 0.3) is 11.5 Å². The first-order valence-electron chi connectivity index (χ1n) is 12.3. The molecule has 2 unspecified atom stereocenters. The maximum Gasteiger partial charge on any atom is 0.279 e. The summed E-state index contributed by atoms with van der Waals surface area (Å²) in [4.78, 5) is 37.4. The summed E-state index contributed by atoms with van der Waals surface area (Å²) in [5, 5.41) is 15.5. The molecule has 200 valence electrons. The number of aliphatic imine (C=N–C) groups is 1. The van der Waals surface area contributed by atoms with Crippen molar-refractivity contribution in [2.45, 2.75) is 32.2 Å². The van der Waals surface area contributed by atoms with Crippen molar-refractivity contribution in [3.63, 3.8) is 0 Å². The number of imidazole rings is 1. The number of anilines is 1. The van der Waals surface area contributed by atoms with Gasteiger partial charge >= 0.3 is 0 Å². The van der Waals surface area contributed by atoms with Gasteiger partial charge in [-0.25, -0.2) is 9.98 Å². The third-order valence-electron chi connectivity index (χ3n) is 6.73. The monoisotopic (exact) mass is 546 g/mol. The predicted molar refractivity (Wildman–Crippen MR) is 148 cm³/mol. The summed E-state index contributed by atoms with van der Waals surface area (Å²) in [6.45, 7) is 4.02. The largest absolute Gasteiger partial charge is 0.481 e. The van der Waals surface area contributed by atoms with E-state index in [0.29, 0.717) is 34.2 Å². The molecule has 2 aliphatic heterocycles. The lowest BCUT2D eigenvalue weighted by molar-refractivity contribution is 0.0989. The topological polar surface area (TPSA) is 130 Å². The number of aryl methyl sites for hydroxylation is 1. The molecule has 4 heterocycles. The molecular formula is C27H27ClN8O3. The fourth-order valence-electron chi connectivity index (χ4n) is 4.95. The number of nitrogens with one attached hydrogen (secondary N) is 2. The Kier molecular flexibility index (Phi) is 6.76. The summed E-state index contributed by atoms with van der Waals surface area (Å²) >= 11 is 6.25. The van der Waals surface area contributed by atoms with Gasteiger partial charge in [0, 0.05) is 25.5 Å². The van der Waals surface area contributed by atoms with Gasteiger partial charge in [-0.2, -0.15) is 5.26 Å². The lowest BCUT2D eigenvalue weighted by Crippen LogP contribution is -2.39. The normalized spacial score (nSPS) is 18.4. The van der Waals surface area contributed by atoms with Gasteiger partial charge in [-0.1, -0.05) is 23.7 Å². The van der Waals surface area contributed by atoms with Crippen molar-refractivity contribution in [2.24, 2.45) is 12.0 Å². The van der Waals surface area contributed by atoms with Gasteiger partial charge < -0.3 is 19.2 Å². The fraction of sp³-hybridized carbons (Fsp3) is 0.296. The lowest BCUT2D eigenvalue weighted by atomic mass is 10.0. The molecule has 0 saturated carbocycles. The van der Waals surface area contributed by atoms with Crippen LogP contribution in [0.2, 0.25) is 5.02 Å². The zero-order valence-corrected chi connectivity index (χ0v) is 22.8. The molecule has 1 aromatic carbocycles. The number of methoxy groups -OCH3 is 1. The van der Waals surface area contributed by atoms with Crippen LogP contribution in [0.4, 0.5) is 5.69 Å². The Hall–Kier alpha value is -4.40. The molecule has 0 saturated heterocycles. The standard InChI is InChI=1S/C27H27ClN8O3/c1-14(2)35-22-20(32-23(35)18-12-31-27(30-3)33-24(18)39-5)26(38)36(17-10-19(28)25(37)34(4)13-17)21(22)16-8-6-15(11-29)7-9-16/h6-10,12-14,21,27,30-31H,1-5H3. The summed E-state index contributed by atoms with van der Waals surface area (Å²) in [5.41, 5.74) is 2.90. The van der Waals surface area contributed by atoms with Gasteiger partial charge in [-0.05, 0) is 44.7 Å². The fourth-order valence-corrected chi connectivity index (χ4v) is 5.19. The van der Waals surface area contributed by atoms with E-state index < -0.39 is 6.04 Å². The van der Waals surface area contributed by atoms with E-state index in [1.54, 1.807) is 43.5 Å². The van der Waals surface area contributed by atoms with E-state index in [1.165, 1.54) is 17.7 Å². The van der Waals surface area contributed by atoms with Crippen LogP contribution >= 0.6 is 11.6 Å². The van der Waals surface area contributed by atoms with E-state index in [9.17, 15) is 14.9 Å². The first-order valence-corrected chi connectivity index (χ1v) is 12.7. The average Bonchev–Trinajstić information content (AvgIpc) is 3.46. The van der Waals surface area contributed by atoms with Gasteiger partial charge in [0.15, 0.2) is 12.0 Å². The van der Waals surface area contributed by atoms with Crippen molar-refractivity contribution < 1.29 is 9.53 Å². The molecule has 1 amide bonds. The van der Waals surface area contributed by atoms with Crippen LogP contribution in [0.3, 0.4) is 0 Å². The Morgan fingerprint density at radius 1 is 1.23 bits per heavy atom. The highest BCUT2D eigenvalue weighted by Gasteiger charge is 2.45. The SMILES string of the molecule is CNC1N=C(OC)C(c2nc3c(n2C(C)C)C(c2ccc(C#N)cc2)N(c2cc(Cl)c(=O)n(C)c2)C3=O)=CN1. The third kappa shape index (κ3) is 4.27. The number of carbonyl (C=O) groups is 1. The van der Waals surface area contributed by atoms with E-state index >= 15 is 0 Å². The highest BCUT2D eigenvalue weighted by Crippen LogP contribution is 2.44. The number of ether oxygens (including phenoxy) is 1. The van der Waals surface area contributed by atoms with Crippen molar-refractivity contribution in [1.82, 2.24) is 24.8 Å². The van der Waals surface area contributed by atoms with E-state index in [-0.39, 0.29) is 34.5 Å². The summed E-state index contributed by atoms with van der Waals surface area (Å²) in [6.07, 6.45) is 2.99. The highest BCUT2D eigenvalue weighted by atomic mass is 35.5. The Balaban J connectivity index is 1.75. The van der Waals surface area contributed by atoms with Crippen LogP contribution in [0.25, 0.3) is 5.57 Å². The van der Waals surface area contributed by atoms with Crippen molar-refractivity contribution in [3.8, 4) is 6.07 Å². The minimum atomic E-state index is -0.609. The smallest absolute Gasteiger partial charge is 0.279 e.